The van der Waals surface area contributed by atoms with Crippen LogP contribution in [0.5, 0.6) is 11.5 Å². The zero-order valence-electron chi connectivity index (χ0n) is 15.0. The average Bonchev–Trinajstić information content (AvgIpc) is 2.97. The molecule has 0 bridgehead atoms. The van der Waals surface area contributed by atoms with Gasteiger partial charge in [0.15, 0.2) is 16.7 Å². The number of imidazole rings is 1. The number of nitrogens with zero attached hydrogens (tertiary/aromatic N) is 2. The van der Waals surface area contributed by atoms with E-state index in [-0.39, 0.29) is 11.6 Å². The number of benzene rings is 2. The molecule has 0 saturated carbocycles. The van der Waals surface area contributed by atoms with Gasteiger partial charge >= 0.3 is 5.97 Å². The summed E-state index contributed by atoms with van der Waals surface area (Å²) in [5.41, 5.74) is 2.22. The maximum absolute atomic E-state index is 11.3. The Morgan fingerprint density at radius 3 is 2.44 bits per heavy atom. The summed E-state index contributed by atoms with van der Waals surface area (Å²) in [4.78, 5) is 15.7. The Labute approximate surface area is 161 Å². The smallest absolute Gasteiger partial charge is 0.309 e. The molecule has 0 unspecified atom stereocenters. The molecule has 1 heterocycles. The Hall–Kier alpha value is -2.99. The third-order valence-electron chi connectivity index (χ3n) is 4.17. The minimum atomic E-state index is -0.968. The molecule has 140 valence electrons. The van der Waals surface area contributed by atoms with Crippen LogP contribution in [0.25, 0.3) is 11.4 Å². The lowest BCUT2D eigenvalue weighted by Gasteiger charge is -2.13. The Morgan fingerprint density at radius 2 is 1.81 bits per heavy atom. The van der Waals surface area contributed by atoms with Gasteiger partial charge in [-0.15, -0.1) is 0 Å². The number of hydrogen-bond acceptors (Lipinski definition) is 4. The molecular formula is C20H19ClN2O4. The van der Waals surface area contributed by atoms with Crippen molar-refractivity contribution in [1.82, 2.24) is 9.55 Å². The molecule has 3 rings (SSSR count). The van der Waals surface area contributed by atoms with Crippen molar-refractivity contribution in [3.63, 3.8) is 0 Å². The van der Waals surface area contributed by atoms with Crippen LogP contribution < -0.4 is 9.47 Å². The van der Waals surface area contributed by atoms with Crippen molar-refractivity contribution in [2.45, 2.75) is 13.0 Å². The fraction of sp³-hybridized carbons (Fsp3) is 0.200. The number of hydrogen-bond donors (Lipinski definition) is 1. The first-order valence-corrected chi connectivity index (χ1v) is 8.64. The first kappa shape index (κ1) is 18.8. The SMILES string of the molecule is COc1ccc(-c2nc(Cl)c(CC(=O)O)n2Cc2ccccc2)cc1OC. The number of methoxy groups -OCH3 is 2. The zero-order valence-corrected chi connectivity index (χ0v) is 15.7. The van der Waals surface area contributed by atoms with E-state index in [0.29, 0.717) is 29.6 Å². The number of rotatable bonds is 7. The molecule has 0 atom stereocenters. The molecule has 0 spiro atoms. The van der Waals surface area contributed by atoms with Crippen LogP contribution in [-0.2, 0) is 17.8 Å². The summed E-state index contributed by atoms with van der Waals surface area (Å²) in [6.07, 6.45) is -0.216. The standard InChI is InChI=1S/C20H19ClN2O4/c1-26-16-9-8-14(10-17(16)27-2)20-22-19(21)15(11-18(24)25)23(20)12-13-6-4-3-5-7-13/h3-10H,11-12H2,1-2H3,(H,24,25). The zero-order chi connectivity index (χ0) is 19.4. The largest absolute Gasteiger partial charge is 0.493 e. The maximum Gasteiger partial charge on any atom is 0.309 e. The van der Waals surface area contributed by atoms with E-state index in [2.05, 4.69) is 4.98 Å². The second-order valence-corrected chi connectivity index (χ2v) is 6.24. The second-order valence-electron chi connectivity index (χ2n) is 5.88. The van der Waals surface area contributed by atoms with Crippen molar-refractivity contribution >= 4 is 17.6 Å². The Kier molecular flexibility index (Phi) is 5.66. The van der Waals surface area contributed by atoms with Crippen LogP contribution in [0.1, 0.15) is 11.3 Å². The highest BCUT2D eigenvalue weighted by Crippen LogP contribution is 2.34. The van der Waals surface area contributed by atoms with Crippen LogP contribution in [0.15, 0.2) is 48.5 Å². The van der Waals surface area contributed by atoms with Gasteiger partial charge in [-0.3, -0.25) is 4.79 Å². The van der Waals surface area contributed by atoms with Gasteiger partial charge in [0.1, 0.15) is 5.82 Å². The summed E-state index contributed by atoms with van der Waals surface area (Å²) in [6.45, 7) is 0.451. The summed E-state index contributed by atoms with van der Waals surface area (Å²) >= 11 is 6.29. The highest BCUT2D eigenvalue weighted by molar-refractivity contribution is 6.30. The van der Waals surface area contributed by atoms with E-state index in [1.807, 2.05) is 41.0 Å². The maximum atomic E-state index is 11.3. The lowest BCUT2D eigenvalue weighted by molar-refractivity contribution is -0.136. The van der Waals surface area contributed by atoms with Crippen LogP contribution in [0, 0.1) is 0 Å². The number of carboxylic acids is 1. The van der Waals surface area contributed by atoms with E-state index >= 15 is 0 Å². The van der Waals surface area contributed by atoms with E-state index in [4.69, 9.17) is 21.1 Å². The normalized spacial score (nSPS) is 10.6. The van der Waals surface area contributed by atoms with E-state index in [9.17, 15) is 9.90 Å². The van der Waals surface area contributed by atoms with Gasteiger partial charge in [-0.25, -0.2) is 4.98 Å². The number of carboxylic acid groups (broad SMARTS) is 1. The van der Waals surface area contributed by atoms with E-state index in [1.54, 1.807) is 26.4 Å². The third-order valence-corrected chi connectivity index (χ3v) is 4.47. The Morgan fingerprint density at radius 1 is 1.11 bits per heavy atom. The molecule has 2 aromatic carbocycles. The molecular weight excluding hydrogens is 368 g/mol. The van der Waals surface area contributed by atoms with Gasteiger partial charge in [0.2, 0.25) is 0 Å². The van der Waals surface area contributed by atoms with Crippen molar-refractivity contribution in [2.75, 3.05) is 14.2 Å². The van der Waals surface area contributed by atoms with E-state index < -0.39 is 5.97 Å². The van der Waals surface area contributed by atoms with Crippen LogP contribution >= 0.6 is 11.6 Å². The van der Waals surface area contributed by atoms with Gasteiger partial charge in [0.25, 0.3) is 0 Å². The minimum Gasteiger partial charge on any atom is -0.493 e. The van der Waals surface area contributed by atoms with Gasteiger partial charge in [0, 0.05) is 12.1 Å². The van der Waals surface area contributed by atoms with Gasteiger partial charge in [0.05, 0.1) is 26.3 Å². The molecule has 0 aliphatic heterocycles. The molecule has 3 aromatic rings. The summed E-state index contributed by atoms with van der Waals surface area (Å²) in [5, 5.41) is 9.45. The first-order chi connectivity index (χ1) is 13.0. The van der Waals surface area contributed by atoms with Crippen molar-refractivity contribution in [3.05, 3.63) is 64.9 Å². The predicted octanol–water partition coefficient (Wildman–Crippen LogP) is 3.90. The summed E-state index contributed by atoms with van der Waals surface area (Å²) in [7, 11) is 3.12. The number of ether oxygens (including phenoxy) is 2. The van der Waals surface area contributed by atoms with Crippen molar-refractivity contribution < 1.29 is 19.4 Å². The fourth-order valence-corrected chi connectivity index (χ4v) is 3.15. The minimum absolute atomic E-state index is 0.179. The summed E-state index contributed by atoms with van der Waals surface area (Å²) < 4.78 is 12.5. The molecule has 27 heavy (non-hydrogen) atoms. The number of halogens is 1. The van der Waals surface area contributed by atoms with Gasteiger partial charge in [-0.2, -0.15) is 0 Å². The molecule has 7 heteroatoms. The summed E-state index contributed by atoms with van der Waals surface area (Å²) in [5.74, 6) is 0.755. The topological polar surface area (TPSA) is 73.6 Å². The van der Waals surface area contributed by atoms with Crippen LogP contribution in [-0.4, -0.2) is 34.8 Å². The lowest BCUT2D eigenvalue weighted by Crippen LogP contribution is -2.11. The van der Waals surface area contributed by atoms with Crippen LogP contribution in [0.4, 0.5) is 0 Å². The number of aliphatic carboxylic acids is 1. The Bertz CT molecular complexity index is 954. The number of aromatic nitrogens is 2. The Balaban J connectivity index is 2.13. The van der Waals surface area contributed by atoms with Gasteiger partial charge < -0.3 is 19.1 Å². The van der Waals surface area contributed by atoms with Crippen molar-refractivity contribution in [3.8, 4) is 22.9 Å². The summed E-state index contributed by atoms with van der Waals surface area (Å²) in [6, 6.07) is 15.1. The molecule has 1 aromatic heterocycles. The number of carbonyl (C=O) groups is 1. The average molecular weight is 387 g/mol. The molecule has 1 N–H and O–H groups in total. The predicted molar refractivity (Wildman–Crippen MR) is 103 cm³/mol. The molecule has 0 aliphatic carbocycles. The quantitative estimate of drug-likeness (QED) is 0.666. The highest BCUT2D eigenvalue weighted by atomic mass is 35.5. The van der Waals surface area contributed by atoms with Gasteiger partial charge in [-0.1, -0.05) is 41.9 Å². The molecule has 0 saturated heterocycles. The van der Waals surface area contributed by atoms with Crippen LogP contribution in [0.3, 0.4) is 0 Å². The molecule has 0 amide bonds. The third kappa shape index (κ3) is 4.06. The molecule has 0 radical (unpaired) electrons. The second kappa shape index (κ2) is 8.14. The highest BCUT2D eigenvalue weighted by Gasteiger charge is 2.20. The lowest BCUT2D eigenvalue weighted by atomic mass is 10.1. The monoisotopic (exact) mass is 386 g/mol. The first-order valence-electron chi connectivity index (χ1n) is 8.26. The van der Waals surface area contributed by atoms with Crippen molar-refractivity contribution in [1.29, 1.82) is 0 Å². The van der Waals surface area contributed by atoms with E-state index in [1.165, 1.54) is 0 Å². The molecule has 0 aliphatic rings. The van der Waals surface area contributed by atoms with E-state index in [0.717, 1.165) is 11.1 Å². The van der Waals surface area contributed by atoms with Gasteiger partial charge in [-0.05, 0) is 23.8 Å². The van der Waals surface area contributed by atoms with Crippen molar-refractivity contribution in [2.24, 2.45) is 0 Å². The molecule has 0 fully saturated rings. The molecule has 6 nitrogen and oxygen atoms in total. The fourth-order valence-electron chi connectivity index (χ4n) is 2.90. The van der Waals surface area contributed by atoms with Crippen LogP contribution in [0.2, 0.25) is 5.15 Å².